The first-order valence-corrected chi connectivity index (χ1v) is 8.12. The van der Waals surface area contributed by atoms with Crippen molar-refractivity contribution < 1.29 is 19.4 Å². The summed E-state index contributed by atoms with van der Waals surface area (Å²) in [6.07, 6.45) is 4.15. The van der Waals surface area contributed by atoms with Crippen molar-refractivity contribution in [3.63, 3.8) is 0 Å². The van der Waals surface area contributed by atoms with Gasteiger partial charge >= 0.3 is 5.97 Å². The van der Waals surface area contributed by atoms with Crippen molar-refractivity contribution in [2.75, 3.05) is 13.2 Å². The number of benzene rings is 1. The van der Waals surface area contributed by atoms with Crippen LogP contribution in [-0.4, -0.2) is 30.4 Å². The molecule has 0 spiro atoms. The smallest absolute Gasteiger partial charge is 0.332 e. The molecule has 0 fully saturated rings. The lowest BCUT2D eigenvalue weighted by molar-refractivity contribution is -0.151. The van der Waals surface area contributed by atoms with Gasteiger partial charge in [-0.05, 0) is 24.5 Å². The maximum absolute atomic E-state index is 11.2. The van der Waals surface area contributed by atoms with Crippen LogP contribution >= 0.6 is 0 Å². The molecular formula is C18H28O4. The molecule has 124 valence electrons. The summed E-state index contributed by atoms with van der Waals surface area (Å²) in [7, 11) is 0. The first-order chi connectivity index (χ1) is 10.6. The van der Waals surface area contributed by atoms with E-state index in [0.29, 0.717) is 18.9 Å². The molecule has 0 aromatic heterocycles. The zero-order chi connectivity index (χ0) is 16.2. The van der Waals surface area contributed by atoms with Gasteiger partial charge in [-0.15, -0.1) is 0 Å². The van der Waals surface area contributed by atoms with Gasteiger partial charge in [-0.2, -0.15) is 0 Å². The number of rotatable bonds is 12. The van der Waals surface area contributed by atoms with E-state index >= 15 is 0 Å². The average molecular weight is 308 g/mol. The van der Waals surface area contributed by atoms with Crippen molar-refractivity contribution in [1.29, 1.82) is 0 Å². The summed E-state index contributed by atoms with van der Waals surface area (Å²) in [5.41, 5.74) is 0. The van der Waals surface area contributed by atoms with Crippen LogP contribution in [0.5, 0.6) is 5.75 Å². The molecule has 0 amide bonds. The third-order valence-corrected chi connectivity index (χ3v) is 3.44. The van der Waals surface area contributed by atoms with Crippen molar-refractivity contribution in [2.24, 2.45) is 5.92 Å². The molecule has 0 saturated heterocycles. The van der Waals surface area contributed by atoms with Gasteiger partial charge in [0.2, 0.25) is 0 Å². The van der Waals surface area contributed by atoms with E-state index in [-0.39, 0.29) is 6.61 Å². The highest BCUT2D eigenvalue weighted by Gasteiger charge is 2.17. The zero-order valence-corrected chi connectivity index (χ0v) is 13.7. The van der Waals surface area contributed by atoms with Crippen LogP contribution in [0.1, 0.15) is 46.0 Å². The second kappa shape index (κ2) is 11.1. The van der Waals surface area contributed by atoms with E-state index in [0.717, 1.165) is 25.0 Å². The van der Waals surface area contributed by atoms with Crippen LogP contribution in [0.15, 0.2) is 30.3 Å². The lowest BCUT2D eigenvalue weighted by Crippen LogP contribution is -2.26. The van der Waals surface area contributed by atoms with E-state index in [1.807, 2.05) is 30.3 Å². The largest absolute Gasteiger partial charge is 0.491 e. The second-order valence-electron chi connectivity index (χ2n) is 5.89. The van der Waals surface area contributed by atoms with Gasteiger partial charge in [0.25, 0.3) is 0 Å². The zero-order valence-electron chi connectivity index (χ0n) is 13.7. The molecule has 1 aromatic carbocycles. The van der Waals surface area contributed by atoms with Crippen LogP contribution in [0.2, 0.25) is 0 Å². The van der Waals surface area contributed by atoms with Crippen molar-refractivity contribution in [3.05, 3.63) is 30.3 Å². The first kappa shape index (κ1) is 18.5. The molecule has 22 heavy (non-hydrogen) atoms. The number of ether oxygens (including phenoxy) is 2. The molecule has 4 nitrogen and oxygen atoms in total. The molecule has 1 rings (SSSR count). The highest BCUT2D eigenvalue weighted by Crippen LogP contribution is 2.13. The molecule has 0 aliphatic carbocycles. The summed E-state index contributed by atoms with van der Waals surface area (Å²) in [5, 5.41) is 9.17. The number of carbonyl (C=O) groups is 1. The Kier molecular flexibility index (Phi) is 9.31. The van der Waals surface area contributed by atoms with E-state index in [1.54, 1.807) is 0 Å². The van der Waals surface area contributed by atoms with Gasteiger partial charge in [0.05, 0.1) is 6.61 Å². The normalized spacial score (nSPS) is 12.3. The van der Waals surface area contributed by atoms with E-state index in [1.165, 1.54) is 6.42 Å². The highest BCUT2D eigenvalue weighted by atomic mass is 16.5. The third-order valence-electron chi connectivity index (χ3n) is 3.44. The Balaban J connectivity index is 2.14. The van der Waals surface area contributed by atoms with Gasteiger partial charge in [0, 0.05) is 0 Å². The minimum Gasteiger partial charge on any atom is -0.491 e. The number of hydrogen-bond acceptors (Lipinski definition) is 3. The monoisotopic (exact) mass is 308 g/mol. The number of aliphatic carboxylic acids is 1. The van der Waals surface area contributed by atoms with Gasteiger partial charge in [0.15, 0.2) is 6.10 Å². The van der Waals surface area contributed by atoms with Crippen LogP contribution in [0.3, 0.4) is 0 Å². The Morgan fingerprint density at radius 3 is 2.36 bits per heavy atom. The predicted octanol–water partition coefficient (Wildman–Crippen LogP) is 4.14. The van der Waals surface area contributed by atoms with Crippen LogP contribution < -0.4 is 4.74 Å². The third kappa shape index (κ3) is 8.67. The Hall–Kier alpha value is -1.55. The molecule has 4 heteroatoms. The van der Waals surface area contributed by atoms with Crippen molar-refractivity contribution in [1.82, 2.24) is 0 Å². The number of para-hydroxylation sites is 1. The SMILES string of the molecule is CC(C)CCCCCC(OCCOc1ccccc1)C(=O)O. The van der Waals surface area contributed by atoms with E-state index < -0.39 is 12.1 Å². The van der Waals surface area contributed by atoms with Crippen LogP contribution in [0.25, 0.3) is 0 Å². The fourth-order valence-corrected chi connectivity index (χ4v) is 2.20. The second-order valence-corrected chi connectivity index (χ2v) is 5.89. The summed E-state index contributed by atoms with van der Waals surface area (Å²) in [6, 6.07) is 9.44. The Bertz CT molecular complexity index is 403. The fourth-order valence-electron chi connectivity index (χ4n) is 2.20. The number of unbranched alkanes of at least 4 members (excludes halogenated alkanes) is 2. The van der Waals surface area contributed by atoms with Gasteiger partial charge in [-0.25, -0.2) is 4.79 Å². The van der Waals surface area contributed by atoms with E-state index in [2.05, 4.69) is 13.8 Å². The number of carboxylic acids is 1. The molecule has 1 atom stereocenters. The highest BCUT2D eigenvalue weighted by molar-refractivity contribution is 5.72. The van der Waals surface area contributed by atoms with Crippen LogP contribution in [0, 0.1) is 5.92 Å². The quantitative estimate of drug-likeness (QED) is 0.590. The predicted molar refractivity (Wildman–Crippen MR) is 87.2 cm³/mol. The van der Waals surface area contributed by atoms with E-state index in [4.69, 9.17) is 14.6 Å². The number of hydrogen-bond donors (Lipinski definition) is 1. The summed E-state index contributed by atoms with van der Waals surface area (Å²) >= 11 is 0. The van der Waals surface area contributed by atoms with Gasteiger partial charge < -0.3 is 14.6 Å². The standard InChI is InChI=1S/C18H28O4/c1-15(2)9-5-3-8-12-17(18(19)20)22-14-13-21-16-10-6-4-7-11-16/h4,6-7,10-11,15,17H,3,5,8-9,12-14H2,1-2H3,(H,19,20). The maximum atomic E-state index is 11.2. The number of carboxylic acid groups (broad SMARTS) is 1. The molecule has 1 aromatic rings. The molecule has 1 N–H and O–H groups in total. The summed E-state index contributed by atoms with van der Waals surface area (Å²) in [6.45, 7) is 5.06. The van der Waals surface area contributed by atoms with Gasteiger partial charge in [0.1, 0.15) is 12.4 Å². The van der Waals surface area contributed by atoms with Crippen LogP contribution in [-0.2, 0) is 9.53 Å². The average Bonchev–Trinajstić information content (AvgIpc) is 2.49. The molecule has 0 bridgehead atoms. The first-order valence-electron chi connectivity index (χ1n) is 8.12. The van der Waals surface area contributed by atoms with Crippen LogP contribution in [0.4, 0.5) is 0 Å². The van der Waals surface area contributed by atoms with Crippen molar-refractivity contribution >= 4 is 5.97 Å². The van der Waals surface area contributed by atoms with Crippen molar-refractivity contribution in [2.45, 2.75) is 52.1 Å². The lowest BCUT2D eigenvalue weighted by atomic mass is 10.0. The molecule has 1 unspecified atom stereocenters. The molecule has 0 saturated carbocycles. The van der Waals surface area contributed by atoms with Gasteiger partial charge in [-0.3, -0.25) is 0 Å². The molecule has 0 aliphatic rings. The summed E-state index contributed by atoms with van der Waals surface area (Å²) < 4.78 is 10.9. The summed E-state index contributed by atoms with van der Waals surface area (Å²) in [4.78, 5) is 11.2. The fraction of sp³-hybridized carbons (Fsp3) is 0.611. The molecule has 0 aliphatic heterocycles. The Morgan fingerprint density at radius 1 is 1.05 bits per heavy atom. The minimum absolute atomic E-state index is 0.290. The molecule has 0 radical (unpaired) electrons. The topological polar surface area (TPSA) is 55.8 Å². The Labute approximate surface area is 133 Å². The summed E-state index contributed by atoms with van der Waals surface area (Å²) in [5.74, 6) is 0.594. The maximum Gasteiger partial charge on any atom is 0.332 e. The van der Waals surface area contributed by atoms with E-state index in [9.17, 15) is 4.79 Å². The molecule has 0 heterocycles. The van der Waals surface area contributed by atoms with Gasteiger partial charge in [-0.1, -0.05) is 57.7 Å². The van der Waals surface area contributed by atoms with Crippen molar-refractivity contribution in [3.8, 4) is 5.75 Å². The lowest BCUT2D eigenvalue weighted by Gasteiger charge is -2.14. The molecular weight excluding hydrogens is 280 g/mol. The Morgan fingerprint density at radius 2 is 1.73 bits per heavy atom. The minimum atomic E-state index is -0.886.